The predicted octanol–water partition coefficient (Wildman–Crippen LogP) is 6.45. The van der Waals surface area contributed by atoms with Crippen molar-refractivity contribution in [2.45, 2.75) is 89.4 Å². The maximum Gasteiger partial charge on any atom is 0.139 e. The second-order valence-electron chi connectivity index (χ2n) is 10.9. The van der Waals surface area contributed by atoms with Gasteiger partial charge in [0.15, 0.2) is 0 Å². The second kappa shape index (κ2) is 5.94. The first-order valence-electron chi connectivity index (χ1n) is 11.1. The molecule has 4 unspecified atom stereocenters. The van der Waals surface area contributed by atoms with E-state index in [0.717, 1.165) is 18.8 Å². The van der Waals surface area contributed by atoms with Gasteiger partial charge in [0, 0.05) is 11.8 Å². The third-order valence-corrected chi connectivity index (χ3v) is 8.52. The Balaban J connectivity index is 1.46. The van der Waals surface area contributed by atoms with Gasteiger partial charge in [0.2, 0.25) is 0 Å². The Morgan fingerprint density at radius 1 is 0.962 bits per heavy atom. The van der Waals surface area contributed by atoms with E-state index in [1.807, 2.05) is 0 Å². The third-order valence-electron chi connectivity index (χ3n) is 8.52. The smallest absolute Gasteiger partial charge is 0.139 e. The van der Waals surface area contributed by atoms with Crippen LogP contribution in [-0.2, 0) is 10.2 Å². The van der Waals surface area contributed by atoms with E-state index >= 15 is 0 Å². The Kier molecular flexibility index (Phi) is 3.89. The molecule has 0 aromatic heterocycles. The van der Waals surface area contributed by atoms with E-state index in [1.165, 1.54) is 69.8 Å². The van der Waals surface area contributed by atoms with Crippen molar-refractivity contribution >= 4 is 5.78 Å². The first kappa shape index (κ1) is 17.0. The lowest BCUT2D eigenvalue weighted by molar-refractivity contribution is -0.159. The molecule has 1 aromatic carbocycles. The Morgan fingerprint density at radius 2 is 1.73 bits per heavy atom. The molecule has 0 amide bonds. The number of ketones is 1. The number of benzene rings is 1. The van der Waals surface area contributed by atoms with Gasteiger partial charge in [0.05, 0.1) is 0 Å². The molecule has 5 aliphatic carbocycles. The molecule has 0 radical (unpaired) electrons. The maximum atomic E-state index is 13.7. The predicted molar refractivity (Wildman–Crippen MR) is 106 cm³/mol. The van der Waals surface area contributed by atoms with Gasteiger partial charge in [-0.1, -0.05) is 69.4 Å². The standard InChI is InChI=1S/C25H34O/c1-23-13-20-14-24(16-23,21-10-6-3-7-11-21)18-25(15-20,17-23)22(26)12-19-8-4-2-5-9-19/h3,6-7,10-11,19-20H,2,4-5,8-9,12-18H2,1H3. The van der Waals surface area contributed by atoms with Crippen LogP contribution in [0.1, 0.15) is 89.5 Å². The zero-order chi connectivity index (χ0) is 17.8. The lowest BCUT2D eigenvalue weighted by Crippen LogP contribution is -2.60. The normalized spacial score (nSPS) is 42.1. The van der Waals surface area contributed by atoms with Crippen LogP contribution in [0.15, 0.2) is 30.3 Å². The molecule has 0 heterocycles. The van der Waals surface area contributed by atoms with Crippen molar-refractivity contribution in [1.29, 1.82) is 0 Å². The molecule has 4 atom stereocenters. The van der Waals surface area contributed by atoms with Crippen LogP contribution in [0.2, 0.25) is 0 Å². The third kappa shape index (κ3) is 2.69. The monoisotopic (exact) mass is 350 g/mol. The van der Waals surface area contributed by atoms with Crippen molar-refractivity contribution in [3.8, 4) is 0 Å². The number of hydrogen-bond donors (Lipinski definition) is 0. The summed E-state index contributed by atoms with van der Waals surface area (Å²) in [6.45, 7) is 2.50. The van der Waals surface area contributed by atoms with E-state index in [1.54, 1.807) is 0 Å². The first-order valence-corrected chi connectivity index (χ1v) is 11.1. The highest BCUT2D eigenvalue weighted by Gasteiger charge is 2.64. The highest BCUT2D eigenvalue weighted by Crippen LogP contribution is 2.70. The summed E-state index contributed by atoms with van der Waals surface area (Å²) in [7, 11) is 0. The number of carbonyl (C=O) groups excluding carboxylic acids is 1. The van der Waals surface area contributed by atoms with Gasteiger partial charge in [-0.05, 0) is 66.8 Å². The Bertz CT molecular complexity index is 687. The Hall–Kier alpha value is -1.11. The van der Waals surface area contributed by atoms with Crippen molar-refractivity contribution < 1.29 is 4.79 Å². The van der Waals surface area contributed by atoms with Gasteiger partial charge in [-0.25, -0.2) is 0 Å². The summed E-state index contributed by atoms with van der Waals surface area (Å²) in [6, 6.07) is 11.2. The van der Waals surface area contributed by atoms with Crippen molar-refractivity contribution in [3.63, 3.8) is 0 Å². The fourth-order valence-electron chi connectivity index (χ4n) is 8.22. The van der Waals surface area contributed by atoms with Crippen LogP contribution in [0.5, 0.6) is 0 Å². The first-order chi connectivity index (χ1) is 12.5. The van der Waals surface area contributed by atoms with Gasteiger partial charge in [-0.15, -0.1) is 0 Å². The van der Waals surface area contributed by atoms with Crippen molar-refractivity contribution in [2.24, 2.45) is 22.7 Å². The van der Waals surface area contributed by atoms with Gasteiger partial charge in [0.1, 0.15) is 5.78 Å². The molecule has 0 aliphatic heterocycles. The number of hydrogen-bond acceptors (Lipinski definition) is 1. The number of carbonyl (C=O) groups is 1. The van der Waals surface area contributed by atoms with E-state index in [0.29, 0.717) is 17.1 Å². The van der Waals surface area contributed by atoms with E-state index in [2.05, 4.69) is 37.3 Å². The lowest BCUT2D eigenvalue weighted by Gasteiger charge is -2.66. The molecule has 6 rings (SSSR count). The second-order valence-corrected chi connectivity index (χ2v) is 10.9. The topological polar surface area (TPSA) is 17.1 Å². The summed E-state index contributed by atoms with van der Waals surface area (Å²) in [5.74, 6) is 2.11. The van der Waals surface area contributed by atoms with Crippen molar-refractivity contribution in [1.82, 2.24) is 0 Å². The molecule has 5 aliphatic rings. The molecule has 0 spiro atoms. The van der Waals surface area contributed by atoms with Gasteiger partial charge in [-0.2, -0.15) is 0 Å². The van der Waals surface area contributed by atoms with E-state index in [9.17, 15) is 4.79 Å². The summed E-state index contributed by atoms with van der Waals surface area (Å²) in [6.07, 6.45) is 15.1. The molecule has 0 saturated heterocycles. The summed E-state index contributed by atoms with van der Waals surface area (Å²) < 4.78 is 0. The van der Waals surface area contributed by atoms with Crippen molar-refractivity contribution in [3.05, 3.63) is 35.9 Å². The molecule has 5 saturated carbocycles. The molecular formula is C25H34O. The van der Waals surface area contributed by atoms with Crippen LogP contribution in [0.3, 0.4) is 0 Å². The molecular weight excluding hydrogens is 316 g/mol. The molecule has 140 valence electrons. The quantitative estimate of drug-likeness (QED) is 0.609. The Morgan fingerprint density at radius 3 is 2.46 bits per heavy atom. The highest BCUT2D eigenvalue weighted by atomic mass is 16.1. The molecule has 26 heavy (non-hydrogen) atoms. The minimum Gasteiger partial charge on any atom is -0.299 e. The average molecular weight is 351 g/mol. The molecule has 0 N–H and O–H groups in total. The molecule has 1 heteroatoms. The molecule has 1 nitrogen and oxygen atoms in total. The summed E-state index contributed by atoms with van der Waals surface area (Å²) in [4.78, 5) is 13.7. The van der Waals surface area contributed by atoms with Gasteiger partial charge < -0.3 is 0 Å². The fourth-order valence-corrected chi connectivity index (χ4v) is 8.22. The van der Waals surface area contributed by atoms with Gasteiger partial charge in [-0.3, -0.25) is 4.79 Å². The maximum absolute atomic E-state index is 13.7. The summed E-state index contributed by atoms with van der Waals surface area (Å²) >= 11 is 0. The van der Waals surface area contributed by atoms with Crippen LogP contribution < -0.4 is 0 Å². The SMILES string of the molecule is CC12CC3CC(C(=O)CC4CCCCC4)(C1)CC(c1ccccc1)(C3)C2. The molecule has 4 bridgehead atoms. The van der Waals surface area contributed by atoms with Crippen LogP contribution in [0, 0.1) is 22.7 Å². The lowest BCUT2D eigenvalue weighted by atomic mass is 9.38. The zero-order valence-electron chi connectivity index (χ0n) is 16.4. The number of rotatable bonds is 4. The average Bonchev–Trinajstić information content (AvgIpc) is 2.61. The minimum absolute atomic E-state index is 0.00144. The van der Waals surface area contributed by atoms with Crippen LogP contribution in [0.25, 0.3) is 0 Å². The van der Waals surface area contributed by atoms with Crippen LogP contribution >= 0.6 is 0 Å². The van der Waals surface area contributed by atoms with Crippen LogP contribution in [-0.4, -0.2) is 5.78 Å². The number of Topliss-reactive ketones (excluding diaryl/α,β-unsaturated/α-hetero) is 1. The van der Waals surface area contributed by atoms with E-state index in [-0.39, 0.29) is 10.8 Å². The van der Waals surface area contributed by atoms with Gasteiger partial charge >= 0.3 is 0 Å². The summed E-state index contributed by atoms with van der Waals surface area (Å²) in [5.41, 5.74) is 2.18. The zero-order valence-corrected chi connectivity index (χ0v) is 16.4. The van der Waals surface area contributed by atoms with Crippen molar-refractivity contribution in [2.75, 3.05) is 0 Å². The fraction of sp³-hybridized carbons (Fsp3) is 0.720. The van der Waals surface area contributed by atoms with Gasteiger partial charge in [0.25, 0.3) is 0 Å². The summed E-state index contributed by atoms with van der Waals surface area (Å²) in [5, 5.41) is 0. The minimum atomic E-state index is 0.00144. The van der Waals surface area contributed by atoms with Crippen LogP contribution in [0.4, 0.5) is 0 Å². The largest absolute Gasteiger partial charge is 0.299 e. The molecule has 5 fully saturated rings. The highest BCUT2D eigenvalue weighted by molar-refractivity contribution is 5.86. The van der Waals surface area contributed by atoms with E-state index < -0.39 is 0 Å². The Labute approximate surface area is 159 Å². The molecule has 1 aromatic rings. The van der Waals surface area contributed by atoms with E-state index in [4.69, 9.17) is 0 Å².